The summed E-state index contributed by atoms with van der Waals surface area (Å²) in [4.78, 5) is 23.3. The van der Waals surface area contributed by atoms with Crippen molar-refractivity contribution in [3.05, 3.63) is 72.9 Å². The number of carbonyl (C=O) groups is 2. The van der Waals surface area contributed by atoms with Crippen molar-refractivity contribution in [1.82, 2.24) is 0 Å². The van der Waals surface area contributed by atoms with E-state index in [4.69, 9.17) is 9.84 Å². The van der Waals surface area contributed by atoms with Crippen LogP contribution in [0.1, 0.15) is 194 Å². The first kappa shape index (κ1) is 46.4. The molecule has 0 radical (unpaired) electrons. The van der Waals surface area contributed by atoms with E-state index in [2.05, 4.69) is 86.8 Å². The highest BCUT2D eigenvalue weighted by Gasteiger charge is 2.11. The van der Waals surface area contributed by atoms with Gasteiger partial charge in [-0.3, -0.25) is 9.59 Å². The van der Waals surface area contributed by atoms with E-state index in [0.717, 1.165) is 96.3 Å². The number of aliphatic carboxylic acids is 1. The largest absolute Gasteiger partial charge is 0.481 e. The molecule has 0 aromatic carbocycles. The van der Waals surface area contributed by atoms with Crippen molar-refractivity contribution < 1.29 is 19.4 Å². The third kappa shape index (κ3) is 39.7. The van der Waals surface area contributed by atoms with Gasteiger partial charge in [-0.15, -0.1) is 0 Å². The molecule has 1 unspecified atom stereocenters. The van der Waals surface area contributed by atoms with Crippen LogP contribution < -0.4 is 0 Å². The lowest BCUT2D eigenvalue weighted by Crippen LogP contribution is -2.16. The second-order valence-electron chi connectivity index (χ2n) is 13.4. The highest BCUT2D eigenvalue weighted by atomic mass is 16.5. The van der Waals surface area contributed by atoms with E-state index in [1.165, 1.54) is 70.6 Å². The quantitative estimate of drug-likeness (QED) is 0.0406. The SMILES string of the molecule is CC/C=C\C/C=C\C/C=C\C/C=C\CCCCCCCCCCC(=O)OC(/C=C\C/C=C\CCCCCC)CCCCCCCCC(=O)O. The van der Waals surface area contributed by atoms with Gasteiger partial charge in [0.15, 0.2) is 0 Å². The Morgan fingerprint density at radius 2 is 0.918 bits per heavy atom. The van der Waals surface area contributed by atoms with Crippen molar-refractivity contribution in [3.63, 3.8) is 0 Å². The van der Waals surface area contributed by atoms with Crippen LogP contribution in [0.3, 0.4) is 0 Å². The molecule has 0 heterocycles. The molecular formula is C45H76O4. The van der Waals surface area contributed by atoms with E-state index in [1.807, 2.05) is 0 Å². The number of ether oxygens (including phenoxy) is 1. The van der Waals surface area contributed by atoms with Crippen LogP contribution in [0.5, 0.6) is 0 Å². The number of allylic oxidation sites excluding steroid dienone is 11. The third-order valence-electron chi connectivity index (χ3n) is 8.65. The molecule has 0 amide bonds. The number of esters is 1. The van der Waals surface area contributed by atoms with Gasteiger partial charge in [0.1, 0.15) is 6.10 Å². The van der Waals surface area contributed by atoms with Crippen molar-refractivity contribution in [1.29, 1.82) is 0 Å². The zero-order valence-corrected chi connectivity index (χ0v) is 32.0. The molecule has 4 nitrogen and oxygen atoms in total. The van der Waals surface area contributed by atoms with Crippen molar-refractivity contribution in [2.24, 2.45) is 0 Å². The number of carbonyl (C=O) groups excluding carboxylic acids is 1. The third-order valence-corrected chi connectivity index (χ3v) is 8.65. The predicted octanol–water partition coefficient (Wildman–Crippen LogP) is 14.3. The molecule has 280 valence electrons. The molecule has 0 rings (SSSR count). The Morgan fingerprint density at radius 1 is 0.490 bits per heavy atom. The molecule has 0 aliphatic carbocycles. The van der Waals surface area contributed by atoms with E-state index < -0.39 is 5.97 Å². The van der Waals surface area contributed by atoms with Gasteiger partial charge < -0.3 is 9.84 Å². The number of carboxylic acid groups (broad SMARTS) is 1. The molecule has 0 saturated heterocycles. The van der Waals surface area contributed by atoms with Crippen LogP contribution in [-0.2, 0) is 14.3 Å². The Balaban J connectivity index is 4.05. The Morgan fingerprint density at radius 3 is 1.45 bits per heavy atom. The molecule has 49 heavy (non-hydrogen) atoms. The number of hydrogen-bond acceptors (Lipinski definition) is 3. The molecule has 0 spiro atoms. The summed E-state index contributed by atoms with van der Waals surface area (Å²) in [6.45, 7) is 4.41. The van der Waals surface area contributed by atoms with Gasteiger partial charge in [0.05, 0.1) is 0 Å². The summed E-state index contributed by atoms with van der Waals surface area (Å²) in [6.07, 6.45) is 56.5. The minimum absolute atomic E-state index is 0.0642. The Kier molecular flexibility index (Phi) is 37.7. The Hall–Kier alpha value is -2.62. The lowest BCUT2D eigenvalue weighted by atomic mass is 10.1. The number of rotatable bonds is 36. The average molecular weight is 681 g/mol. The first-order valence-corrected chi connectivity index (χ1v) is 20.4. The van der Waals surface area contributed by atoms with Gasteiger partial charge in [-0.2, -0.15) is 0 Å². The summed E-state index contributed by atoms with van der Waals surface area (Å²) in [5, 5.41) is 8.78. The van der Waals surface area contributed by atoms with Gasteiger partial charge in [0, 0.05) is 12.8 Å². The van der Waals surface area contributed by atoms with Gasteiger partial charge in [-0.1, -0.05) is 164 Å². The number of carboxylic acids is 1. The summed E-state index contributed by atoms with van der Waals surface area (Å²) >= 11 is 0. The predicted molar refractivity (Wildman–Crippen MR) is 213 cm³/mol. The van der Waals surface area contributed by atoms with E-state index >= 15 is 0 Å². The van der Waals surface area contributed by atoms with Crippen LogP contribution in [0.2, 0.25) is 0 Å². The van der Waals surface area contributed by atoms with Crippen molar-refractivity contribution in [2.75, 3.05) is 0 Å². The smallest absolute Gasteiger partial charge is 0.306 e. The van der Waals surface area contributed by atoms with E-state index in [9.17, 15) is 9.59 Å². The second-order valence-corrected chi connectivity index (χ2v) is 13.4. The standard InChI is InChI=1S/C45H76O4/c1-3-5-7-9-11-13-14-15-16-17-18-19-20-21-22-23-24-26-28-34-38-42-45(48)49-43(39-35-31-27-25-12-10-8-6-4-2)40-36-32-29-30-33-37-41-44(46)47/h5,7,11,13,15-16,18-19,25,27,35,39,43H,3-4,6,8-10,12,14,17,20-24,26,28-34,36-38,40-42H2,1-2H3,(H,46,47)/b7-5-,13-11-,16-15-,19-18-,27-25-,39-35-. The summed E-state index contributed by atoms with van der Waals surface area (Å²) in [5.74, 6) is -0.770. The van der Waals surface area contributed by atoms with Crippen LogP contribution >= 0.6 is 0 Å². The topological polar surface area (TPSA) is 63.6 Å². The van der Waals surface area contributed by atoms with Crippen LogP contribution in [-0.4, -0.2) is 23.1 Å². The molecule has 0 aromatic heterocycles. The highest BCUT2D eigenvalue weighted by molar-refractivity contribution is 5.69. The Bertz CT molecular complexity index is 907. The minimum atomic E-state index is -0.706. The molecule has 4 heteroatoms. The maximum atomic E-state index is 12.6. The molecule has 0 saturated carbocycles. The fourth-order valence-electron chi connectivity index (χ4n) is 5.65. The lowest BCUT2D eigenvalue weighted by molar-refractivity contribution is -0.147. The van der Waals surface area contributed by atoms with E-state index in [0.29, 0.717) is 6.42 Å². The zero-order valence-electron chi connectivity index (χ0n) is 32.0. The molecule has 0 bridgehead atoms. The highest BCUT2D eigenvalue weighted by Crippen LogP contribution is 2.15. The van der Waals surface area contributed by atoms with Gasteiger partial charge >= 0.3 is 11.9 Å². The normalized spacial score (nSPS) is 13.0. The summed E-state index contributed by atoms with van der Waals surface area (Å²) in [5.41, 5.74) is 0. The maximum Gasteiger partial charge on any atom is 0.306 e. The average Bonchev–Trinajstić information content (AvgIpc) is 3.09. The summed E-state index contributed by atoms with van der Waals surface area (Å²) in [6, 6.07) is 0. The van der Waals surface area contributed by atoms with Crippen LogP contribution in [0.15, 0.2) is 72.9 Å². The number of hydrogen-bond donors (Lipinski definition) is 1. The summed E-state index contributed by atoms with van der Waals surface area (Å²) < 4.78 is 5.91. The molecule has 0 aliphatic heterocycles. The first-order chi connectivity index (χ1) is 24.1. The zero-order chi connectivity index (χ0) is 35.7. The van der Waals surface area contributed by atoms with Gasteiger partial charge in [-0.25, -0.2) is 0 Å². The van der Waals surface area contributed by atoms with E-state index in [1.54, 1.807) is 0 Å². The fourth-order valence-corrected chi connectivity index (χ4v) is 5.65. The van der Waals surface area contributed by atoms with Crippen LogP contribution in [0.4, 0.5) is 0 Å². The van der Waals surface area contributed by atoms with Gasteiger partial charge in [0.25, 0.3) is 0 Å². The van der Waals surface area contributed by atoms with Crippen LogP contribution in [0, 0.1) is 0 Å². The monoisotopic (exact) mass is 681 g/mol. The van der Waals surface area contributed by atoms with E-state index in [-0.39, 0.29) is 18.5 Å². The first-order valence-electron chi connectivity index (χ1n) is 20.4. The number of unbranched alkanes of at least 4 members (excludes halogenated alkanes) is 17. The van der Waals surface area contributed by atoms with Gasteiger partial charge in [0.2, 0.25) is 0 Å². The minimum Gasteiger partial charge on any atom is -0.481 e. The molecular weight excluding hydrogens is 604 g/mol. The van der Waals surface area contributed by atoms with Crippen molar-refractivity contribution in [2.45, 2.75) is 200 Å². The second kappa shape index (κ2) is 39.8. The molecule has 1 N–H and O–H groups in total. The molecule has 1 atom stereocenters. The Labute approximate surface area is 303 Å². The van der Waals surface area contributed by atoms with Gasteiger partial charge in [-0.05, 0) is 89.5 Å². The van der Waals surface area contributed by atoms with Crippen molar-refractivity contribution >= 4 is 11.9 Å². The molecule has 0 fully saturated rings. The molecule has 0 aromatic rings. The molecule has 0 aliphatic rings. The lowest BCUT2D eigenvalue weighted by Gasteiger charge is -2.14. The summed E-state index contributed by atoms with van der Waals surface area (Å²) in [7, 11) is 0. The fraction of sp³-hybridized carbons (Fsp3) is 0.689. The maximum absolute atomic E-state index is 12.6. The van der Waals surface area contributed by atoms with Crippen LogP contribution in [0.25, 0.3) is 0 Å². The van der Waals surface area contributed by atoms with Crippen molar-refractivity contribution in [3.8, 4) is 0 Å².